The third-order valence-electron chi connectivity index (χ3n) is 3.54. The van der Waals surface area contributed by atoms with E-state index in [9.17, 15) is 0 Å². The molecule has 2 rings (SSSR count). The highest BCUT2D eigenvalue weighted by Gasteiger charge is 2.52. The van der Waals surface area contributed by atoms with Gasteiger partial charge in [-0.05, 0) is 38.6 Å². The topological polar surface area (TPSA) is 35.8 Å². The van der Waals surface area contributed by atoms with Gasteiger partial charge in [0.1, 0.15) is 0 Å². The van der Waals surface area contributed by atoms with Gasteiger partial charge >= 0.3 is 0 Å². The van der Waals surface area contributed by atoms with Crippen molar-refractivity contribution in [3.8, 4) is 6.07 Å². The molecule has 1 unspecified atom stereocenters. The van der Waals surface area contributed by atoms with Crippen molar-refractivity contribution in [1.29, 1.82) is 5.26 Å². The molecule has 0 saturated heterocycles. The lowest BCUT2D eigenvalue weighted by atomic mass is 9.74. The van der Waals surface area contributed by atoms with Gasteiger partial charge in [0.25, 0.3) is 0 Å². The molecule has 0 radical (unpaired) electrons. The predicted molar refractivity (Wildman–Crippen MR) is 47.5 cm³/mol. The molecule has 2 saturated carbocycles. The summed E-state index contributed by atoms with van der Waals surface area (Å²) in [6.45, 7) is 0. The summed E-state index contributed by atoms with van der Waals surface area (Å²) in [5.74, 6) is 0.789. The zero-order chi connectivity index (χ0) is 8.60. The summed E-state index contributed by atoms with van der Waals surface area (Å²) in [5.41, 5.74) is 0.0276. The predicted octanol–water partition coefficient (Wildman–Crippen LogP) is 1.68. The molecule has 2 aliphatic carbocycles. The summed E-state index contributed by atoms with van der Waals surface area (Å²) in [6, 6.07) is 2.97. The lowest BCUT2D eigenvalue weighted by molar-refractivity contribution is 0.194. The molecule has 1 N–H and O–H groups in total. The van der Waals surface area contributed by atoms with E-state index in [0.717, 1.165) is 18.8 Å². The second-order valence-electron chi connectivity index (χ2n) is 4.23. The average Bonchev–Trinajstić information content (AvgIpc) is 2.76. The molecule has 2 aliphatic rings. The van der Waals surface area contributed by atoms with Crippen LogP contribution in [0, 0.1) is 22.7 Å². The summed E-state index contributed by atoms with van der Waals surface area (Å²) in [5, 5.41) is 12.4. The lowest BCUT2D eigenvalue weighted by Crippen LogP contribution is -2.43. The molecule has 1 atom stereocenters. The molecule has 0 heterocycles. The SMILES string of the molecule is CNC(C1CCC1)C1(C#N)CC1. The minimum Gasteiger partial charge on any atom is -0.315 e. The van der Waals surface area contributed by atoms with Crippen LogP contribution in [-0.2, 0) is 0 Å². The van der Waals surface area contributed by atoms with E-state index in [1.54, 1.807) is 0 Å². The monoisotopic (exact) mass is 164 g/mol. The van der Waals surface area contributed by atoms with Crippen LogP contribution in [0.5, 0.6) is 0 Å². The Morgan fingerprint density at radius 1 is 1.50 bits per heavy atom. The molecule has 2 heteroatoms. The second kappa shape index (κ2) is 2.74. The first-order chi connectivity index (χ1) is 5.82. The van der Waals surface area contributed by atoms with Crippen LogP contribution in [0.15, 0.2) is 0 Å². The van der Waals surface area contributed by atoms with Gasteiger partial charge in [0.15, 0.2) is 0 Å². The minimum absolute atomic E-state index is 0.0276. The standard InChI is InChI=1S/C10H16N2/c1-12-9(8-3-2-4-8)10(7-11)5-6-10/h8-9,12H,2-6H2,1H3. The molecule has 12 heavy (non-hydrogen) atoms. The Morgan fingerprint density at radius 3 is 2.42 bits per heavy atom. The third kappa shape index (κ3) is 1.04. The fourth-order valence-electron chi connectivity index (χ4n) is 2.36. The van der Waals surface area contributed by atoms with Gasteiger partial charge < -0.3 is 5.32 Å². The molecule has 0 aromatic rings. The van der Waals surface area contributed by atoms with Crippen LogP contribution in [-0.4, -0.2) is 13.1 Å². The highest BCUT2D eigenvalue weighted by atomic mass is 14.9. The van der Waals surface area contributed by atoms with Crippen molar-refractivity contribution < 1.29 is 0 Å². The van der Waals surface area contributed by atoms with Crippen LogP contribution in [0.3, 0.4) is 0 Å². The normalized spacial score (nSPS) is 28.7. The first-order valence-corrected chi connectivity index (χ1v) is 4.91. The number of nitrogens with one attached hydrogen (secondary N) is 1. The van der Waals surface area contributed by atoms with Crippen LogP contribution < -0.4 is 5.32 Å². The van der Waals surface area contributed by atoms with Crippen molar-refractivity contribution in [3.63, 3.8) is 0 Å². The Hall–Kier alpha value is -0.550. The highest BCUT2D eigenvalue weighted by Crippen LogP contribution is 2.52. The fraction of sp³-hybridized carbons (Fsp3) is 0.900. The molecule has 0 amide bonds. The first-order valence-electron chi connectivity index (χ1n) is 4.91. The Kier molecular flexibility index (Phi) is 1.84. The fourth-order valence-corrected chi connectivity index (χ4v) is 2.36. The highest BCUT2D eigenvalue weighted by molar-refractivity contribution is 5.17. The summed E-state index contributed by atoms with van der Waals surface area (Å²) in [7, 11) is 2.00. The van der Waals surface area contributed by atoms with Crippen molar-refractivity contribution in [1.82, 2.24) is 5.32 Å². The van der Waals surface area contributed by atoms with Crippen molar-refractivity contribution in [2.45, 2.75) is 38.1 Å². The van der Waals surface area contributed by atoms with Gasteiger partial charge in [-0.15, -0.1) is 0 Å². The smallest absolute Gasteiger partial charge is 0.0730 e. The molecular formula is C10H16N2. The molecule has 0 bridgehead atoms. The number of nitrogens with zero attached hydrogens (tertiary/aromatic N) is 1. The van der Waals surface area contributed by atoms with Crippen molar-refractivity contribution in [2.24, 2.45) is 11.3 Å². The van der Waals surface area contributed by atoms with E-state index < -0.39 is 0 Å². The molecule has 2 nitrogen and oxygen atoms in total. The Balaban J connectivity index is 2.03. The van der Waals surface area contributed by atoms with Crippen LogP contribution >= 0.6 is 0 Å². The van der Waals surface area contributed by atoms with Crippen LogP contribution in [0.2, 0.25) is 0 Å². The van der Waals surface area contributed by atoms with Crippen LogP contribution in [0.1, 0.15) is 32.1 Å². The molecule has 0 aliphatic heterocycles. The lowest BCUT2D eigenvalue weighted by Gasteiger charge is -2.36. The average molecular weight is 164 g/mol. The van der Waals surface area contributed by atoms with E-state index >= 15 is 0 Å². The molecule has 0 aromatic heterocycles. The van der Waals surface area contributed by atoms with Gasteiger partial charge in [-0.3, -0.25) is 0 Å². The molecular weight excluding hydrogens is 148 g/mol. The van der Waals surface area contributed by atoms with E-state index in [4.69, 9.17) is 5.26 Å². The van der Waals surface area contributed by atoms with Crippen molar-refractivity contribution in [2.75, 3.05) is 7.05 Å². The zero-order valence-corrected chi connectivity index (χ0v) is 7.64. The Labute approximate surface area is 74.0 Å². The number of hydrogen-bond donors (Lipinski definition) is 1. The number of nitriles is 1. The van der Waals surface area contributed by atoms with E-state index in [1.165, 1.54) is 19.3 Å². The van der Waals surface area contributed by atoms with Gasteiger partial charge in [0.05, 0.1) is 11.5 Å². The summed E-state index contributed by atoms with van der Waals surface area (Å²) >= 11 is 0. The van der Waals surface area contributed by atoms with Crippen LogP contribution in [0.4, 0.5) is 0 Å². The van der Waals surface area contributed by atoms with Gasteiger partial charge in [-0.25, -0.2) is 0 Å². The number of rotatable bonds is 3. The minimum atomic E-state index is 0.0276. The zero-order valence-electron chi connectivity index (χ0n) is 7.64. The van der Waals surface area contributed by atoms with E-state index in [2.05, 4.69) is 11.4 Å². The molecule has 2 fully saturated rings. The number of hydrogen-bond acceptors (Lipinski definition) is 2. The molecule has 0 spiro atoms. The molecule has 0 aromatic carbocycles. The maximum Gasteiger partial charge on any atom is 0.0730 e. The largest absolute Gasteiger partial charge is 0.315 e. The Morgan fingerprint density at radius 2 is 2.17 bits per heavy atom. The van der Waals surface area contributed by atoms with E-state index in [-0.39, 0.29) is 5.41 Å². The first kappa shape index (κ1) is 8.07. The van der Waals surface area contributed by atoms with E-state index in [1.807, 2.05) is 7.05 Å². The van der Waals surface area contributed by atoms with E-state index in [0.29, 0.717) is 6.04 Å². The van der Waals surface area contributed by atoms with Gasteiger partial charge in [-0.1, -0.05) is 6.42 Å². The third-order valence-corrected chi connectivity index (χ3v) is 3.54. The van der Waals surface area contributed by atoms with Crippen LogP contribution in [0.25, 0.3) is 0 Å². The second-order valence-corrected chi connectivity index (χ2v) is 4.23. The Bertz CT molecular complexity index is 208. The van der Waals surface area contributed by atoms with Gasteiger partial charge in [0, 0.05) is 6.04 Å². The summed E-state index contributed by atoms with van der Waals surface area (Å²) in [6.07, 6.45) is 6.26. The van der Waals surface area contributed by atoms with Gasteiger partial charge in [0.2, 0.25) is 0 Å². The van der Waals surface area contributed by atoms with Crippen molar-refractivity contribution in [3.05, 3.63) is 0 Å². The maximum absolute atomic E-state index is 9.04. The summed E-state index contributed by atoms with van der Waals surface area (Å²) in [4.78, 5) is 0. The summed E-state index contributed by atoms with van der Waals surface area (Å²) < 4.78 is 0. The molecule has 66 valence electrons. The van der Waals surface area contributed by atoms with Gasteiger partial charge in [-0.2, -0.15) is 5.26 Å². The van der Waals surface area contributed by atoms with Crippen molar-refractivity contribution >= 4 is 0 Å². The quantitative estimate of drug-likeness (QED) is 0.689. The maximum atomic E-state index is 9.04.